The predicted octanol–water partition coefficient (Wildman–Crippen LogP) is 13.7. The third-order valence-corrected chi connectivity index (χ3v) is 10.5. The van der Waals surface area contributed by atoms with Crippen molar-refractivity contribution in [3.63, 3.8) is 0 Å². The number of fused-ring (bicyclic) bond motifs is 8. The minimum absolute atomic E-state index is 0.549. The van der Waals surface area contributed by atoms with Gasteiger partial charge in [0, 0.05) is 59.5 Å². The maximum absolute atomic E-state index is 7.20. The highest BCUT2D eigenvalue weighted by Crippen LogP contribution is 2.51. The lowest BCUT2D eigenvalue weighted by Gasteiger charge is -2.15. The normalized spacial score (nSPS) is 12.1. The summed E-state index contributed by atoms with van der Waals surface area (Å²) in [5.41, 5.74) is 12.1. The van der Waals surface area contributed by atoms with Gasteiger partial charge >= 0.3 is 0 Å². The predicted molar refractivity (Wildman–Crippen MR) is 220 cm³/mol. The Bertz CT molecular complexity index is 2810. The van der Waals surface area contributed by atoms with Gasteiger partial charge in [-0.05, 0) is 85.0 Å². The first-order valence-electron chi connectivity index (χ1n) is 16.6. The van der Waals surface area contributed by atoms with Crippen LogP contribution in [0.3, 0.4) is 0 Å². The van der Waals surface area contributed by atoms with Gasteiger partial charge in [0.2, 0.25) is 0 Å². The number of hydrogen-bond acceptors (Lipinski definition) is 2. The van der Waals surface area contributed by atoms with Crippen LogP contribution in [0.1, 0.15) is 22.8 Å². The van der Waals surface area contributed by atoms with E-state index < -0.39 is 0 Å². The lowest BCUT2D eigenvalue weighted by Crippen LogP contribution is -1.98. The number of benzene rings is 4. The third kappa shape index (κ3) is 5.75. The van der Waals surface area contributed by atoms with Crippen molar-refractivity contribution in [3.8, 4) is 39.1 Å². The molecule has 0 unspecified atom stereocenters. The van der Waals surface area contributed by atoms with Crippen LogP contribution in [-0.4, -0.2) is 19.5 Å². The number of nitrogens with zero attached hydrogens (tertiary/aromatic N) is 3. The first kappa shape index (κ1) is 32.5. The Hall–Kier alpha value is -5.36. The molecule has 52 heavy (non-hydrogen) atoms. The fourth-order valence-corrected chi connectivity index (χ4v) is 7.88. The molecular weight excluding hydrogens is 726 g/mol. The molecule has 0 aliphatic carbocycles. The highest BCUT2D eigenvalue weighted by molar-refractivity contribution is 6.37. The smallest absolute Gasteiger partial charge is 0.0737 e. The van der Waals surface area contributed by atoms with E-state index in [0.29, 0.717) is 20.1 Å². The number of H-pyrrole nitrogens is 1. The molecule has 8 bridgehead atoms. The van der Waals surface area contributed by atoms with Crippen molar-refractivity contribution >= 4 is 92.8 Å². The Morgan fingerprint density at radius 2 is 0.923 bits per heavy atom. The molecule has 1 N–H and O–H groups in total. The second kappa shape index (κ2) is 13.3. The van der Waals surface area contributed by atoms with Gasteiger partial charge < -0.3 is 9.55 Å². The maximum atomic E-state index is 7.20. The van der Waals surface area contributed by atoms with Gasteiger partial charge in [0.15, 0.2) is 0 Å². The average Bonchev–Trinajstić information content (AvgIpc) is 3.95. The fourth-order valence-electron chi connectivity index (χ4n) is 6.97. The van der Waals surface area contributed by atoms with Gasteiger partial charge in [-0.15, -0.1) is 0 Å². The van der Waals surface area contributed by atoms with Crippen molar-refractivity contribution in [2.45, 2.75) is 0 Å². The summed E-state index contributed by atoms with van der Waals surface area (Å²) >= 11 is 28.7. The van der Waals surface area contributed by atoms with Gasteiger partial charge in [-0.3, -0.25) is 0 Å². The second-order valence-electron chi connectivity index (χ2n) is 12.4. The molecule has 8 heteroatoms. The summed E-state index contributed by atoms with van der Waals surface area (Å²) < 4.78 is 2.18. The molecule has 5 heterocycles. The molecule has 0 saturated heterocycles. The zero-order valence-electron chi connectivity index (χ0n) is 27.3. The van der Waals surface area contributed by atoms with Crippen LogP contribution in [0, 0.1) is 0 Å². The van der Waals surface area contributed by atoms with Gasteiger partial charge in [0.25, 0.3) is 0 Å². The molecule has 2 aliphatic heterocycles. The third-order valence-electron chi connectivity index (χ3n) is 9.19. The van der Waals surface area contributed by atoms with Crippen LogP contribution in [0.2, 0.25) is 20.1 Å². The summed E-state index contributed by atoms with van der Waals surface area (Å²) in [6.45, 7) is 0. The number of rotatable bonds is 4. The summed E-state index contributed by atoms with van der Waals surface area (Å²) in [5, 5.41) is 2.26. The molecule has 0 spiro atoms. The van der Waals surface area contributed by atoms with Crippen molar-refractivity contribution in [2.24, 2.45) is 0 Å². The molecule has 7 aromatic rings. The zero-order valence-corrected chi connectivity index (χ0v) is 30.3. The first-order chi connectivity index (χ1) is 25.4. The molecule has 4 nitrogen and oxygen atoms in total. The van der Waals surface area contributed by atoms with Gasteiger partial charge in [0.1, 0.15) is 0 Å². The largest absolute Gasteiger partial charge is 0.355 e. The second-order valence-corrected chi connectivity index (χ2v) is 14.1. The van der Waals surface area contributed by atoms with Crippen molar-refractivity contribution < 1.29 is 0 Å². The van der Waals surface area contributed by atoms with E-state index in [2.05, 4.69) is 15.6 Å². The summed E-state index contributed by atoms with van der Waals surface area (Å²) in [7, 11) is 0. The van der Waals surface area contributed by atoms with Gasteiger partial charge in [-0.2, -0.15) is 0 Å². The maximum Gasteiger partial charge on any atom is 0.0737 e. The number of aromatic nitrogens is 4. The Morgan fingerprint density at radius 3 is 1.52 bits per heavy atom. The molecule has 0 saturated carbocycles. The van der Waals surface area contributed by atoms with Crippen LogP contribution >= 0.6 is 46.4 Å². The molecule has 0 fully saturated rings. The standard InChI is InChI=1S/C44H26Cl4N4/c45-34-12-4-1-9-31(34)41-38-22-21-29(51-38)24-28-18-17-26(49-28)23-27-19-20-30(50-27)25-40-42(32-10-2-5-13-35(32)46)43(33-11-3-6-14-36(33)47)44(41)52(40)39-16-8-7-15-37(39)48/h1-25,49H. The van der Waals surface area contributed by atoms with Crippen LogP contribution in [0.15, 0.2) is 127 Å². The number of nitrogens with one attached hydrogen (secondary N) is 1. The number of halogens is 4. The van der Waals surface area contributed by atoms with E-state index in [9.17, 15) is 0 Å². The molecule has 9 rings (SSSR count). The van der Waals surface area contributed by atoms with Crippen molar-refractivity contribution in [3.05, 3.63) is 170 Å². The van der Waals surface area contributed by atoms with Crippen molar-refractivity contribution in [1.29, 1.82) is 0 Å². The molecule has 3 aromatic heterocycles. The quantitative estimate of drug-likeness (QED) is 0.195. The lowest BCUT2D eigenvalue weighted by atomic mass is 9.93. The highest BCUT2D eigenvalue weighted by atomic mass is 35.5. The van der Waals surface area contributed by atoms with E-state index in [1.54, 1.807) is 0 Å². The van der Waals surface area contributed by atoms with E-state index in [-0.39, 0.29) is 0 Å². The Balaban J connectivity index is 1.66. The monoisotopic (exact) mass is 750 g/mol. The SMILES string of the molecule is Clc1ccccc1-c1c(-c2ccccc2Cl)c2c(-c3ccccc3Cl)c3nc(cc4ccc(cc5nc(cc1n2-c1ccccc1Cl)C=C5)[nH]4)C=C3. The molecule has 2 aliphatic rings. The van der Waals surface area contributed by atoms with Crippen molar-refractivity contribution in [1.82, 2.24) is 19.5 Å². The summed E-state index contributed by atoms with van der Waals surface area (Å²) in [6.07, 6.45) is 8.06. The Kier molecular flexibility index (Phi) is 8.33. The molecule has 0 atom stereocenters. The highest BCUT2D eigenvalue weighted by Gasteiger charge is 2.28. The molecule has 4 aromatic carbocycles. The molecular formula is C44H26Cl4N4. The summed E-state index contributed by atoms with van der Waals surface area (Å²) in [5.74, 6) is 0. The number of hydrogen-bond donors (Lipinski definition) is 1. The minimum atomic E-state index is 0.549. The van der Waals surface area contributed by atoms with Crippen LogP contribution in [-0.2, 0) is 0 Å². The van der Waals surface area contributed by atoms with Crippen molar-refractivity contribution in [2.75, 3.05) is 0 Å². The van der Waals surface area contributed by atoms with Gasteiger partial charge in [-0.1, -0.05) is 113 Å². The van der Waals surface area contributed by atoms with Gasteiger partial charge in [-0.25, -0.2) is 9.97 Å². The van der Waals surface area contributed by atoms with E-state index in [4.69, 9.17) is 56.4 Å². The summed E-state index contributed by atoms with van der Waals surface area (Å²) in [6, 6.07) is 41.5. The zero-order chi connectivity index (χ0) is 35.3. The van der Waals surface area contributed by atoms with E-state index in [0.717, 1.165) is 83.9 Å². The van der Waals surface area contributed by atoms with E-state index in [1.165, 1.54) is 0 Å². The minimum Gasteiger partial charge on any atom is -0.355 e. The lowest BCUT2D eigenvalue weighted by molar-refractivity contribution is 1.17. The molecule has 0 amide bonds. The van der Waals surface area contributed by atoms with Crippen LogP contribution in [0.4, 0.5) is 0 Å². The number of para-hydroxylation sites is 1. The topological polar surface area (TPSA) is 46.5 Å². The van der Waals surface area contributed by atoms with Crippen LogP contribution in [0.25, 0.3) is 85.4 Å². The van der Waals surface area contributed by atoms with Gasteiger partial charge in [0.05, 0.1) is 44.5 Å². The first-order valence-corrected chi connectivity index (χ1v) is 18.1. The number of aromatic amines is 1. The van der Waals surface area contributed by atoms with Crippen LogP contribution in [0.5, 0.6) is 0 Å². The van der Waals surface area contributed by atoms with Crippen LogP contribution < -0.4 is 0 Å². The van der Waals surface area contributed by atoms with E-state index in [1.807, 2.05) is 146 Å². The Morgan fingerprint density at radius 1 is 0.442 bits per heavy atom. The molecule has 0 radical (unpaired) electrons. The molecule has 250 valence electrons. The fraction of sp³-hybridized carbons (Fsp3) is 0. The summed E-state index contributed by atoms with van der Waals surface area (Å²) in [4.78, 5) is 13.8. The average molecular weight is 753 g/mol. The Labute approximate surface area is 319 Å². The van der Waals surface area contributed by atoms with E-state index >= 15 is 0 Å².